The van der Waals surface area contributed by atoms with Gasteiger partial charge in [-0.25, -0.2) is 0 Å². The summed E-state index contributed by atoms with van der Waals surface area (Å²) in [5, 5.41) is 8.94. The van der Waals surface area contributed by atoms with E-state index in [1.54, 1.807) is 11.9 Å². The minimum absolute atomic E-state index is 0.0872. The predicted molar refractivity (Wildman–Crippen MR) is 112 cm³/mol. The molecular weight excluding hydrogens is 354 g/mol. The quantitative estimate of drug-likeness (QED) is 0.448. The lowest BCUT2D eigenvalue weighted by atomic mass is 9.96. The van der Waals surface area contributed by atoms with Gasteiger partial charge >= 0.3 is 0 Å². The lowest BCUT2D eigenvalue weighted by Crippen LogP contribution is -2.48. The summed E-state index contributed by atoms with van der Waals surface area (Å²) in [4.78, 5) is 15.2. The van der Waals surface area contributed by atoms with Gasteiger partial charge in [-0.05, 0) is 62.4 Å². The van der Waals surface area contributed by atoms with E-state index in [1.807, 2.05) is 12.1 Å². The van der Waals surface area contributed by atoms with E-state index in [0.717, 1.165) is 34.6 Å². The SMILES string of the molecule is Cc1ccc(SNc2cccc(C)c2C(=N)N2CCC(=O)CC23CC3)cc1. The second-order valence-electron chi connectivity index (χ2n) is 7.70. The molecule has 1 saturated carbocycles. The number of hydrogen-bond acceptors (Lipinski definition) is 4. The molecule has 2 aromatic rings. The Morgan fingerprint density at radius 3 is 2.59 bits per heavy atom. The van der Waals surface area contributed by atoms with Crippen molar-refractivity contribution in [1.29, 1.82) is 5.41 Å². The molecule has 2 N–H and O–H groups in total. The minimum atomic E-state index is -0.0872. The topological polar surface area (TPSA) is 56.2 Å². The summed E-state index contributed by atoms with van der Waals surface area (Å²) in [6, 6.07) is 14.5. The average molecular weight is 380 g/mol. The van der Waals surface area contributed by atoms with Gasteiger partial charge in [0.1, 0.15) is 11.6 Å². The molecule has 4 nitrogen and oxygen atoms in total. The zero-order valence-electron chi connectivity index (χ0n) is 15.8. The second kappa shape index (κ2) is 7.04. The number of piperidine rings is 1. The van der Waals surface area contributed by atoms with E-state index in [4.69, 9.17) is 5.41 Å². The highest BCUT2D eigenvalue weighted by atomic mass is 32.2. The molecule has 1 saturated heterocycles. The molecule has 4 rings (SSSR count). The zero-order valence-corrected chi connectivity index (χ0v) is 16.7. The van der Waals surface area contributed by atoms with Crippen LogP contribution in [0.3, 0.4) is 0 Å². The number of ketones is 1. The van der Waals surface area contributed by atoms with E-state index >= 15 is 0 Å². The van der Waals surface area contributed by atoms with Gasteiger partial charge in [0.2, 0.25) is 0 Å². The summed E-state index contributed by atoms with van der Waals surface area (Å²) in [7, 11) is 0. The van der Waals surface area contributed by atoms with Crippen LogP contribution in [0.25, 0.3) is 0 Å². The first kappa shape index (κ1) is 18.1. The highest BCUT2D eigenvalue weighted by Gasteiger charge is 2.52. The van der Waals surface area contributed by atoms with Gasteiger partial charge in [-0.2, -0.15) is 0 Å². The van der Waals surface area contributed by atoms with Crippen molar-refractivity contribution in [2.45, 2.75) is 50.0 Å². The molecule has 0 radical (unpaired) electrons. The number of nitrogens with one attached hydrogen (secondary N) is 2. The number of amidine groups is 1. The number of rotatable bonds is 4. The Bertz CT molecular complexity index is 887. The smallest absolute Gasteiger partial charge is 0.137 e. The van der Waals surface area contributed by atoms with Crippen LogP contribution in [0.1, 0.15) is 42.4 Å². The van der Waals surface area contributed by atoms with Crippen LogP contribution in [-0.2, 0) is 4.79 Å². The van der Waals surface area contributed by atoms with E-state index in [2.05, 4.69) is 53.8 Å². The molecule has 0 bridgehead atoms. The molecule has 2 aromatic carbocycles. The van der Waals surface area contributed by atoms with Crippen LogP contribution < -0.4 is 4.72 Å². The number of hydrogen-bond donors (Lipinski definition) is 2. The molecule has 27 heavy (non-hydrogen) atoms. The van der Waals surface area contributed by atoms with Gasteiger partial charge in [-0.15, -0.1) is 0 Å². The molecule has 0 atom stereocenters. The molecule has 1 spiro atoms. The van der Waals surface area contributed by atoms with Crippen molar-refractivity contribution >= 4 is 29.3 Å². The Kier molecular flexibility index (Phi) is 4.72. The van der Waals surface area contributed by atoms with Gasteiger partial charge in [0.25, 0.3) is 0 Å². The van der Waals surface area contributed by atoms with Gasteiger partial charge in [-0.1, -0.05) is 29.8 Å². The Hall–Kier alpha value is -2.27. The number of benzene rings is 2. The standard InChI is InChI=1S/C22H25N3OS/c1-15-6-8-18(9-7-15)27-24-19-5-3-4-16(2)20(19)21(23)25-13-10-17(26)14-22(25)11-12-22/h3-9,23-24H,10-14H2,1-2H3. The first-order valence-corrected chi connectivity index (χ1v) is 10.3. The number of carbonyl (C=O) groups excluding carboxylic acids is 1. The summed E-state index contributed by atoms with van der Waals surface area (Å²) in [5.74, 6) is 0.889. The van der Waals surface area contributed by atoms with Gasteiger partial charge in [-0.3, -0.25) is 10.2 Å². The first-order valence-electron chi connectivity index (χ1n) is 9.46. The zero-order chi connectivity index (χ0) is 19.0. The third kappa shape index (κ3) is 3.61. The van der Waals surface area contributed by atoms with E-state index in [-0.39, 0.29) is 5.54 Å². The lowest BCUT2D eigenvalue weighted by molar-refractivity contribution is -0.122. The molecule has 5 heteroatoms. The van der Waals surface area contributed by atoms with Crippen molar-refractivity contribution in [3.05, 3.63) is 59.2 Å². The summed E-state index contributed by atoms with van der Waals surface area (Å²) < 4.78 is 3.45. The molecule has 140 valence electrons. The van der Waals surface area contributed by atoms with Crippen molar-refractivity contribution < 1.29 is 4.79 Å². The van der Waals surface area contributed by atoms with Gasteiger partial charge < -0.3 is 9.62 Å². The fraction of sp³-hybridized carbons (Fsp3) is 0.364. The summed E-state index contributed by atoms with van der Waals surface area (Å²) in [5.41, 5.74) is 4.14. The number of anilines is 1. The summed E-state index contributed by atoms with van der Waals surface area (Å²) in [6.07, 6.45) is 3.20. The van der Waals surface area contributed by atoms with E-state index in [1.165, 1.54) is 5.56 Å². The number of nitrogens with zero attached hydrogens (tertiary/aromatic N) is 1. The lowest BCUT2D eigenvalue weighted by Gasteiger charge is -2.38. The number of Topliss-reactive ketones (excluding diaryl/α,β-unsaturated/α-hetero) is 1. The Labute approximate surface area is 165 Å². The molecule has 0 unspecified atom stereocenters. The molecule has 1 aliphatic carbocycles. The highest BCUT2D eigenvalue weighted by molar-refractivity contribution is 8.00. The van der Waals surface area contributed by atoms with Crippen molar-refractivity contribution in [3.63, 3.8) is 0 Å². The number of aryl methyl sites for hydroxylation is 2. The number of carbonyl (C=O) groups is 1. The van der Waals surface area contributed by atoms with Crippen LogP contribution in [0.5, 0.6) is 0 Å². The molecule has 2 aliphatic rings. The van der Waals surface area contributed by atoms with Crippen molar-refractivity contribution in [3.8, 4) is 0 Å². The fourth-order valence-electron chi connectivity index (χ4n) is 3.89. The van der Waals surface area contributed by atoms with Crippen LogP contribution in [0.4, 0.5) is 5.69 Å². The van der Waals surface area contributed by atoms with Crippen molar-refractivity contribution in [2.75, 3.05) is 11.3 Å². The molecule has 2 fully saturated rings. The van der Waals surface area contributed by atoms with Gasteiger partial charge in [0.15, 0.2) is 0 Å². The van der Waals surface area contributed by atoms with Crippen molar-refractivity contribution in [1.82, 2.24) is 4.90 Å². The van der Waals surface area contributed by atoms with Crippen LogP contribution >= 0.6 is 11.9 Å². The maximum absolute atomic E-state index is 11.9. The predicted octanol–water partition coefficient (Wildman–Crippen LogP) is 4.95. The second-order valence-corrected chi connectivity index (χ2v) is 8.58. The third-order valence-electron chi connectivity index (χ3n) is 5.62. The normalized spacial score (nSPS) is 17.9. The average Bonchev–Trinajstić information content (AvgIpc) is 3.40. The molecular formula is C22H25N3OS. The minimum Gasteiger partial charge on any atom is -0.350 e. The Balaban J connectivity index is 1.58. The monoisotopic (exact) mass is 379 g/mol. The van der Waals surface area contributed by atoms with Crippen LogP contribution in [0.2, 0.25) is 0 Å². The van der Waals surface area contributed by atoms with Gasteiger partial charge in [0.05, 0.1) is 5.69 Å². The molecule has 1 aliphatic heterocycles. The van der Waals surface area contributed by atoms with Crippen LogP contribution in [-0.4, -0.2) is 28.6 Å². The Morgan fingerprint density at radius 1 is 1.15 bits per heavy atom. The highest BCUT2D eigenvalue weighted by Crippen LogP contribution is 2.48. The first-order chi connectivity index (χ1) is 13.0. The van der Waals surface area contributed by atoms with E-state index in [9.17, 15) is 4.79 Å². The van der Waals surface area contributed by atoms with E-state index < -0.39 is 0 Å². The fourth-order valence-corrected chi connectivity index (χ4v) is 4.56. The maximum Gasteiger partial charge on any atom is 0.137 e. The third-order valence-corrected chi connectivity index (χ3v) is 6.45. The maximum atomic E-state index is 11.9. The molecule has 0 amide bonds. The Morgan fingerprint density at radius 2 is 1.89 bits per heavy atom. The van der Waals surface area contributed by atoms with Crippen LogP contribution in [0.15, 0.2) is 47.4 Å². The molecule has 0 aromatic heterocycles. The van der Waals surface area contributed by atoms with Gasteiger partial charge in [0, 0.05) is 35.4 Å². The largest absolute Gasteiger partial charge is 0.350 e. The summed E-state index contributed by atoms with van der Waals surface area (Å²) >= 11 is 1.57. The summed E-state index contributed by atoms with van der Waals surface area (Å²) in [6.45, 7) is 4.80. The van der Waals surface area contributed by atoms with E-state index in [0.29, 0.717) is 31.0 Å². The van der Waals surface area contributed by atoms with Crippen molar-refractivity contribution in [2.24, 2.45) is 0 Å². The molecule has 1 heterocycles. The number of likely N-dealkylation sites (tertiary alicyclic amines) is 1. The van der Waals surface area contributed by atoms with Crippen LogP contribution in [0, 0.1) is 19.3 Å².